The average molecular weight is 560 g/mol. The summed E-state index contributed by atoms with van der Waals surface area (Å²) >= 11 is 0. The molecule has 2 aromatic rings. The zero-order valence-electron chi connectivity index (χ0n) is 23.9. The Hall–Kier alpha value is -3.68. The number of carbonyl (C=O) groups is 3. The van der Waals surface area contributed by atoms with E-state index in [1.807, 2.05) is 54.6 Å². The Morgan fingerprint density at radius 1 is 1.00 bits per heavy atom. The lowest BCUT2D eigenvalue weighted by atomic mass is 9.81. The molecule has 0 radical (unpaired) electrons. The summed E-state index contributed by atoms with van der Waals surface area (Å²) in [5, 5.41) is 9.31. The lowest BCUT2D eigenvalue weighted by molar-refractivity contribution is -0.141. The fourth-order valence-electron chi connectivity index (χ4n) is 6.49. The molecule has 1 atom stereocenters. The number of hydrogen-bond acceptors (Lipinski definition) is 6. The molecule has 41 heavy (non-hydrogen) atoms. The topological polar surface area (TPSA) is 97.3 Å². The van der Waals surface area contributed by atoms with Crippen LogP contribution in [0.15, 0.2) is 59.7 Å². The number of rotatable bonds is 10. The molecule has 2 aromatic carbocycles. The third-order valence-corrected chi connectivity index (χ3v) is 8.85. The van der Waals surface area contributed by atoms with Gasteiger partial charge in [-0.3, -0.25) is 14.4 Å². The van der Waals surface area contributed by atoms with Gasteiger partial charge in [-0.1, -0.05) is 55.3 Å². The van der Waals surface area contributed by atoms with Gasteiger partial charge in [0, 0.05) is 18.0 Å². The van der Waals surface area contributed by atoms with Crippen molar-refractivity contribution in [2.45, 2.75) is 82.7 Å². The fourth-order valence-corrected chi connectivity index (χ4v) is 6.49. The van der Waals surface area contributed by atoms with E-state index in [0.29, 0.717) is 30.7 Å². The third kappa shape index (κ3) is 7.54. The number of carbonyl (C=O) groups excluding carboxylic acids is 3. The summed E-state index contributed by atoms with van der Waals surface area (Å²) in [6.45, 7) is 0.307. The zero-order valence-corrected chi connectivity index (χ0v) is 23.9. The van der Waals surface area contributed by atoms with Gasteiger partial charge in [0.05, 0.1) is 19.6 Å². The first kappa shape index (κ1) is 28.8. The molecule has 218 valence electrons. The van der Waals surface area contributed by atoms with Crippen LogP contribution in [0, 0.1) is 11.8 Å². The van der Waals surface area contributed by atoms with Crippen LogP contribution in [-0.2, 0) is 30.4 Å². The van der Waals surface area contributed by atoms with Crippen molar-refractivity contribution >= 4 is 23.7 Å². The van der Waals surface area contributed by atoms with Crippen LogP contribution in [0.25, 0.3) is 0 Å². The van der Waals surface area contributed by atoms with E-state index in [1.165, 1.54) is 25.0 Å². The van der Waals surface area contributed by atoms with Gasteiger partial charge in [0.1, 0.15) is 0 Å². The van der Waals surface area contributed by atoms with Crippen molar-refractivity contribution < 1.29 is 23.9 Å². The summed E-state index contributed by atoms with van der Waals surface area (Å²) in [4.78, 5) is 37.7. The first-order valence-electron chi connectivity index (χ1n) is 15.0. The van der Waals surface area contributed by atoms with Crippen molar-refractivity contribution in [1.29, 1.82) is 0 Å². The average Bonchev–Trinajstić information content (AvgIpc) is 3.53. The molecule has 0 bridgehead atoms. The normalized spacial score (nSPS) is 22.0. The van der Waals surface area contributed by atoms with Crippen LogP contribution >= 0.6 is 0 Å². The highest BCUT2D eigenvalue weighted by Gasteiger charge is 2.34. The number of hydrogen-bond donors (Lipinski definition) is 1. The van der Waals surface area contributed by atoms with Crippen LogP contribution in [0.1, 0.15) is 86.8 Å². The van der Waals surface area contributed by atoms with Crippen LogP contribution in [0.3, 0.4) is 0 Å². The first-order chi connectivity index (χ1) is 20.0. The number of methoxy groups -OCH3 is 1. The molecule has 0 saturated heterocycles. The Labute approximate surface area is 242 Å². The lowest BCUT2D eigenvalue weighted by Gasteiger charge is -2.31. The van der Waals surface area contributed by atoms with Gasteiger partial charge in [-0.05, 0) is 80.0 Å². The summed E-state index contributed by atoms with van der Waals surface area (Å²) in [5.41, 5.74) is 2.82. The molecule has 8 heteroatoms. The number of hydrazone groups is 1. The van der Waals surface area contributed by atoms with Crippen molar-refractivity contribution in [2.75, 3.05) is 13.7 Å². The van der Waals surface area contributed by atoms with E-state index in [-0.39, 0.29) is 36.4 Å². The van der Waals surface area contributed by atoms with Crippen molar-refractivity contribution in [3.63, 3.8) is 0 Å². The van der Waals surface area contributed by atoms with E-state index in [0.717, 1.165) is 61.6 Å². The Kier molecular flexibility index (Phi) is 9.70. The van der Waals surface area contributed by atoms with Gasteiger partial charge in [0.15, 0.2) is 6.61 Å². The minimum Gasteiger partial charge on any atom is -0.469 e. The van der Waals surface area contributed by atoms with Crippen LogP contribution < -0.4 is 5.32 Å². The number of ether oxygens (including phenoxy) is 2. The van der Waals surface area contributed by atoms with Gasteiger partial charge in [-0.25, -0.2) is 5.01 Å². The highest BCUT2D eigenvalue weighted by Crippen LogP contribution is 2.38. The van der Waals surface area contributed by atoms with E-state index in [4.69, 9.17) is 9.47 Å². The maximum absolute atomic E-state index is 13.7. The van der Waals surface area contributed by atoms with Gasteiger partial charge >= 0.3 is 5.97 Å². The van der Waals surface area contributed by atoms with Gasteiger partial charge in [0.2, 0.25) is 11.8 Å². The second kappa shape index (κ2) is 13.8. The summed E-state index contributed by atoms with van der Waals surface area (Å²) in [5.74, 6) is 0.934. The molecule has 8 nitrogen and oxygen atoms in total. The van der Waals surface area contributed by atoms with Crippen LogP contribution in [0.5, 0.6) is 0 Å². The summed E-state index contributed by atoms with van der Waals surface area (Å²) in [6.07, 6.45) is 9.76. The van der Waals surface area contributed by atoms with Gasteiger partial charge in [0.25, 0.3) is 5.91 Å². The summed E-state index contributed by atoms with van der Waals surface area (Å²) < 4.78 is 10.3. The van der Waals surface area contributed by atoms with Gasteiger partial charge in [-0.15, -0.1) is 5.10 Å². The predicted molar refractivity (Wildman–Crippen MR) is 156 cm³/mol. The Morgan fingerprint density at radius 3 is 2.39 bits per heavy atom. The number of esters is 1. The van der Waals surface area contributed by atoms with Crippen molar-refractivity contribution in [1.82, 2.24) is 10.3 Å². The molecular weight excluding hydrogens is 518 g/mol. The summed E-state index contributed by atoms with van der Waals surface area (Å²) in [7, 11) is 1.43. The Balaban J connectivity index is 1.21. The lowest BCUT2D eigenvalue weighted by Crippen LogP contribution is -2.41. The van der Waals surface area contributed by atoms with Crippen molar-refractivity contribution in [3.8, 4) is 0 Å². The second-order valence-electron chi connectivity index (χ2n) is 11.6. The smallest absolute Gasteiger partial charge is 0.305 e. The van der Waals surface area contributed by atoms with Gasteiger partial charge < -0.3 is 14.8 Å². The first-order valence-corrected chi connectivity index (χ1v) is 15.0. The molecule has 5 rings (SSSR count). The van der Waals surface area contributed by atoms with E-state index >= 15 is 0 Å². The SMILES string of the molecule is COC(=O)CC[C@H]1CC[C@@H](NC(=O)C(c2ccc(CN3N=C(c4ccccc4)OCC3=O)cc2)C2CCCC2)CC1. The molecule has 2 amide bonds. The molecular formula is C33H41N3O5. The Morgan fingerprint density at radius 2 is 1.71 bits per heavy atom. The molecule has 2 saturated carbocycles. The minimum absolute atomic E-state index is 0.0388. The number of nitrogens with zero attached hydrogens (tertiary/aromatic N) is 2. The van der Waals surface area contributed by atoms with E-state index in [1.54, 1.807) is 0 Å². The number of benzene rings is 2. The van der Waals surface area contributed by atoms with E-state index in [9.17, 15) is 14.4 Å². The standard InChI is InChI=1S/C33H41N3O5/c1-40-30(38)20-15-23-13-18-28(19-14-23)34-32(39)31(25-7-5-6-8-25)26-16-11-24(12-17-26)21-36-29(37)22-41-33(35-36)27-9-3-2-4-10-27/h2-4,9-12,16-17,23,25,28,31H,5-8,13-15,18-22H2,1H3,(H,34,39)/t23-,28+,31?. The molecule has 0 aromatic heterocycles. The Bertz CT molecular complexity index is 1220. The van der Waals surface area contributed by atoms with Gasteiger partial charge in [-0.2, -0.15) is 0 Å². The van der Waals surface area contributed by atoms with Crippen molar-refractivity contribution in [2.24, 2.45) is 16.9 Å². The number of nitrogens with one attached hydrogen (secondary N) is 1. The maximum atomic E-state index is 13.7. The number of amides is 2. The highest BCUT2D eigenvalue weighted by atomic mass is 16.5. The van der Waals surface area contributed by atoms with E-state index in [2.05, 4.69) is 10.4 Å². The predicted octanol–water partition coefficient (Wildman–Crippen LogP) is 5.31. The molecule has 1 unspecified atom stereocenters. The molecule has 1 N–H and O–H groups in total. The monoisotopic (exact) mass is 559 g/mol. The van der Waals surface area contributed by atoms with Crippen LogP contribution in [-0.4, -0.2) is 48.4 Å². The molecule has 3 aliphatic rings. The van der Waals surface area contributed by atoms with Crippen molar-refractivity contribution in [3.05, 3.63) is 71.3 Å². The third-order valence-electron chi connectivity index (χ3n) is 8.85. The molecule has 1 aliphatic heterocycles. The van der Waals surface area contributed by atoms with Crippen LogP contribution in [0.4, 0.5) is 0 Å². The largest absolute Gasteiger partial charge is 0.469 e. The minimum atomic E-state index is -0.183. The molecule has 2 fully saturated rings. The highest BCUT2D eigenvalue weighted by molar-refractivity contribution is 5.97. The van der Waals surface area contributed by atoms with E-state index < -0.39 is 0 Å². The fraction of sp³-hybridized carbons (Fsp3) is 0.515. The quantitative estimate of drug-likeness (QED) is 0.398. The second-order valence-corrected chi connectivity index (χ2v) is 11.6. The summed E-state index contributed by atoms with van der Waals surface area (Å²) in [6, 6.07) is 17.9. The maximum Gasteiger partial charge on any atom is 0.305 e. The molecule has 0 spiro atoms. The zero-order chi connectivity index (χ0) is 28.6. The molecule has 1 heterocycles. The molecule has 2 aliphatic carbocycles. The van der Waals surface area contributed by atoms with Crippen LogP contribution in [0.2, 0.25) is 0 Å².